The van der Waals surface area contributed by atoms with Gasteiger partial charge in [-0.3, -0.25) is 0 Å². The van der Waals surface area contributed by atoms with Gasteiger partial charge in [0.2, 0.25) is 0 Å². The van der Waals surface area contributed by atoms with Crippen LogP contribution in [0.2, 0.25) is 56.8 Å². The van der Waals surface area contributed by atoms with Gasteiger partial charge >= 0.3 is 0 Å². The van der Waals surface area contributed by atoms with Gasteiger partial charge in [0.05, 0.1) is 50.2 Å². The lowest BCUT2D eigenvalue weighted by Gasteiger charge is -2.21. The number of benzene rings is 2. The van der Waals surface area contributed by atoms with Gasteiger partial charge in [0, 0.05) is 0 Å². The largest absolute Gasteiger partial charge is 0.108 e. The number of hydrogen-bond acceptors (Lipinski definition) is 0. The van der Waals surface area contributed by atoms with E-state index in [1.54, 1.807) is 0 Å². The van der Waals surface area contributed by atoms with Crippen molar-refractivity contribution in [1.82, 2.24) is 0 Å². The summed E-state index contributed by atoms with van der Waals surface area (Å²) in [6, 6.07) is 0. The minimum atomic E-state index is -2.21. The zero-order valence-electron chi connectivity index (χ0n) is 11.4. The monoisotopic (exact) mass is 538 g/mol. The van der Waals surface area contributed by atoms with Crippen LogP contribution >= 0.6 is 116 Å². The summed E-state index contributed by atoms with van der Waals surface area (Å²) in [4.78, 5) is 0. The van der Waals surface area contributed by atoms with Gasteiger partial charge in [0.25, 0.3) is 0 Å². The molecule has 24 heavy (non-hydrogen) atoms. The van der Waals surface area contributed by atoms with Crippen LogP contribution in [0.15, 0.2) is 0 Å². The fraction of sp³-hybridized carbons (Fsp3) is 0.0769. The lowest BCUT2D eigenvalue weighted by Crippen LogP contribution is -2.42. The maximum Gasteiger partial charge on any atom is 0.108 e. The van der Waals surface area contributed by atoms with Crippen LogP contribution in [0.1, 0.15) is 0 Å². The standard InChI is InChI=1S/C13H4Cl10Si/c1-24(12-8(20)4(16)2(14)5(17)9(12)21)13-10(22)6(18)3(15)7(19)11(13)23/h24H,1H3. The van der Waals surface area contributed by atoms with E-state index in [1.165, 1.54) is 0 Å². The van der Waals surface area contributed by atoms with Crippen molar-refractivity contribution in [2.75, 3.05) is 0 Å². The Balaban J connectivity index is 2.84. The van der Waals surface area contributed by atoms with Crippen molar-refractivity contribution in [2.45, 2.75) is 6.55 Å². The van der Waals surface area contributed by atoms with E-state index in [1.807, 2.05) is 6.55 Å². The van der Waals surface area contributed by atoms with Gasteiger partial charge < -0.3 is 0 Å². The highest BCUT2D eigenvalue weighted by atomic mass is 35.5. The van der Waals surface area contributed by atoms with Crippen molar-refractivity contribution in [3.63, 3.8) is 0 Å². The summed E-state index contributed by atoms with van der Waals surface area (Å²) in [5.74, 6) is 0. The SMILES string of the molecule is C[SiH](c1c(Cl)c(Cl)c(Cl)c(Cl)c1Cl)c1c(Cl)c(Cl)c(Cl)c(Cl)c1Cl. The van der Waals surface area contributed by atoms with E-state index in [0.717, 1.165) is 0 Å². The van der Waals surface area contributed by atoms with Gasteiger partial charge in [-0.1, -0.05) is 123 Å². The molecule has 0 saturated heterocycles. The molecule has 11 heteroatoms. The third kappa shape index (κ3) is 3.62. The maximum atomic E-state index is 6.33. The zero-order valence-corrected chi connectivity index (χ0v) is 20.1. The molecule has 0 fully saturated rings. The average Bonchev–Trinajstić information content (AvgIpc) is 2.55. The van der Waals surface area contributed by atoms with Gasteiger partial charge in [0.15, 0.2) is 0 Å². The van der Waals surface area contributed by atoms with E-state index in [0.29, 0.717) is 10.4 Å². The first-order valence-corrected chi connectivity index (χ1v) is 12.1. The Morgan fingerprint density at radius 1 is 0.375 bits per heavy atom. The Hall–Kier alpha value is 1.56. The average molecular weight is 543 g/mol. The molecular formula is C13H4Cl10Si. The summed E-state index contributed by atoms with van der Waals surface area (Å²) in [5, 5.41) is 2.32. The number of hydrogen-bond donors (Lipinski definition) is 0. The Morgan fingerprint density at radius 3 is 0.750 bits per heavy atom. The molecule has 0 aliphatic heterocycles. The van der Waals surface area contributed by atoms with Crippen LogP contribution in [0.5, 0.6) is 0 Å². The second-order valence-corrected chi connectivity index (χ2v) is 11.1. The Labute approximate surface area is 190 Å². The van der Waals surface area contributed by atoms with Crippen LogP contribution in [0.3, 0.4) is 0 Å². The predicted molar refractivity (Wildman–Crippen MR) is 115 cm³/mol. The van der Waals surface area contributed by atoms with Crippen LogP contribution in [-0.2, 0) is 0 Å². The molecule has 0 radical (unpaired) electrons. The van der Waals surface area contributed by atoms with Crippen LogP contribution in [0.25, 0.3) is 0 Å². The van der Waals surface area contributed by atoms with Crippen LogP contribution in [0, 0.1) is 0 Å². The minimum absolute atomic E-state index is 0.0719. The van der Waals surface area contributed by atoms with E-state index in [9.17, 15) is 0 Å². The molecule has 2 aromatic rings. The molecule has 0 heterocycles. The fourth-order valence-electron chi connectivity index (χ4n) is 2.15. The molecule has 0 N–H and O–H groups in total. The van der Waals surface area contributed by atoms with Crippen LogP contribution < -0.4 is 10.4 Å². The quantitative estimate of drug-likeness (QED) is 0.204. The predicted octanol–water partition coefficient (Wildman–Crippen LogP) is 8.19. The van der Waals surface area contributed by atoms with Gasteiger partial charge in [-0.05, 0) is 10.4 Å². The van der Waals surface area contributed by atoms with Gasteiger partial charge in [-0.2, -0.15) is 0 Å². The lowest BCUT2D eigenvalue weighted by molar-refractivity contribution is 1.70. The summed E-state index contributed by atoms with van der Waals surface area (Å²) in [6.45, 7) is 1.88. The van der Waals surface area contributed by atoms with Crippen molar-refractivity contribution >= 4 is 135 Å². The molecule has 0 spiro atoms. The number of halogens is 10. The first-order chi connectivity index (χ1) is 11.0. The van der Waals surface area contributed by atoms with Crippen molar-refractivity contribution in [3.05, 3.63) is 50.2 Å². The van der Waals surface area contributed by atoms with Gasteiger partial charge in [-0.15, -0.1) is 0 Å². The maximum absolute atomic E-state index is 6.33. The van der Waals surface area contributed by atoms with E-state index >= 15 is 0 Å². The van der Waals surface area contributed by atoms with Crippen molar-refractivity contribution < 1.29 is 0 Å². The zero-order chi connectivity index (χ0) is 18.5. The molecule has 2 aromatic carbocycles. The first kappa shape index (κ1) is 21.9. The van der Waals surface area contributed by atoms with Gasteiger partial charge in [-0.25, -0.2) is 0 Å². The van der Waals surface area contributed by atoms with Crippen molar-refractivity contribution in [2.24, 2.45) is 0 Å². The highest BCUT2D eigenvalue weighted by Crippen LogP contribution is 2.42. The van der Waals surface area contributed by atoms with Gasteiger partial charge in [0.1, 0.15) is 8.80 Å². The minimum Gasteiger partial charge on any atom is -0.0827 e. The van der Waals surface area contributed by atoms with E-state index in [-0.39, 0.29) is 50.2 Å². The molecule has 0 saturated carbocycles. The topological polar surface area (TPSA) is 0 Å². The van der Waals surface area contributed by atoms with E-state index < -0.39 is 8.80 Å². The Morgan fingerprint density at radius 2 is 0.542 bits per heavy atom. The summed E-state index contributed by atoms with van der Waals surface area (Å²) < 4.78 is 0. The molecule has 0 atom stereocenters. The molecule has 0 aliphatic rings. The third-order valence-electron chi connectivity index (χ3n) is 3.35. The lowest BCUT2D eigenvalue weighted by atomic mass is 10.3. The summed E-state index contributed by atoms with van der Waals surface area (Å²) in [6.07, 6.45) is 0. The van der Waals surface area contributed by atoms with Crippen LogP contribution in [-0.4, -0.2) is 8.80 Å². The van der Waals surface area contributed by atoms with Crippen LogP contribution in [0.4, 0.5) is 0 Å². The molecular weight excluding hydrogens is 539 g/mol. The highest BCUT2D eigenvalue weighted by molar-refractivity contribution is 6.91. The summed E-state index contributed by atoms with van der Waals surface area (Å²) >= 11 is 61.9. The second kappa shape index (κ2) is 8.28. The molecule has 0 aliphatic carbocycles. The molecule has 0 nitrogen and oxygen atoms in total. The Kier molecular flexibility index (Phi) is 7.54. The van der Waals surface area contributed by atoms with E-state index in [2.05, 4.69) is 0 Å². The highest BCUT2D eigenvalue weighted by Gasteiger charge is 2.30. The Bertz CT molecular complexity index is 720. The molecule has 0 amide bonds. The second-order valence-electron chi connectivity index (χ2n) is 4.69. The summed E-state index contributed by atoms with van der Waals surface area (Å²) in [5.41, 5.74) is 0. The molecule has 0 aromatic heterocycles. The summed E-state index contributed by atoms with van der Waals surface area (Å²) in [7, 11) is -2.21. The smallest absolute Gasteiger partial charge is 0.0827 e. The molecule has 2 rings (SSSR count). The first-order valence-electron chi connectivity index (χ1n) is 6.04. The van der Waals surface area contributed by atoms with E-state index in [4.69, 9.17) is 116 Å². The fourth-order valence-corrected chi connectivity index (χ4v) is 9.17. The van der Waals surface area contributed by atoms with Crippen molar-refractivity contribution in [1.29, 1.82) is 0 Å². The third-order valence-corrected chi connectivity index (χ3v) is 11.6. The van der Waals surface area contributed by atoms with Crippen molar-refractivity contribution in [3.8, 4) is 0 Å². The normalized spacial score (nSPS) is 11.5. The molecule has 130 valence electrons. The molecule has 0 unspecified atom stereocenters. The molecule has 0 bridgehead atoms. The number of rotatable bonds is 2.